The van der Waals surface area contributed by atoms with Gasteiger partial charge in [0.2, 0.25) is 5.91 Å². The minimum Gasteiger partial charge on any atom is -0.365 e. The lowest BCUT2D eigenvalue weighted by molar-refractivity contribution is -0.138. The number of nitrogens with one attached hydrogen (secondary N) is 1. The molecule has 2 aliphatic heterocycles. The van der Waals surface area contributed by atoms with Crippen LogP contribution in [0.15, 0.2) is 12.1 Å². The number of rotatable bonds is 5. The van der Waals surface area contributed by atoms with Crippen molar-refractivity contribution in [3.63, 3.8) is 0 Å². The second kappa shape index (κ2) is 7.44. The largest absolute Gasteiger partial charge is 0.365 e. The summed E-state index contributed by atoms with van der Waals surface area (Å²) in [7, 11) is 0. The molecule has 8 heteroatoms. The Morgan fingerprint density at radius 2 is 2.15 bits per heavy atom. The Labute approximate surface area is 155 Å². The lowest BCUT2D eigenvalue weighted by Gasteiger charge is -2.28. The molecule has 4 atom stereocenters. The van der Waals surface area contributed by atoms with Crippen LogP contribution in [0.5, 0.6) is 0 Å². The van der Waals surface area contributed by atoms with E-state index in [2.05, 4.69) is 5.32 Å². The highest BCUT2D eigenvalue weighted by molar-refractivity contribution is 7.13. The Hall–Kier alpha value is -1.80. The van der Waals surface area contributed by atoms with Crippen molar-refractivity contribution in [1.29, 1.82) is 0 Å². The third-order valence-corrected chi connectivity index (χ3v) is 5.68. The van der Waals surface area contributed by atoms with Crippen molar-refractivity contribution in [1.82, 2.24) is 10.2 Å². The third-order valence-electron chi connectivity index (χ3n) is 4.68. The number of amides is 2. The number of aryl methyl sites for hydroxylation is 1. The first-order valence-electron chi connectivity index (χ1n) is 8.74. The smallest absolute Gasteiger partial charge is 0.262 e. The van der Waals surface area contributed by atoms with Crippen molar-refractivity contribution in [2.45, 2.75) is 51.6 Å². The van der Waals surface area contributed by atoms with Crippen LogP contribution in [0.4, 0.5) is 4.39 Å². The Morgan fingerprint density at radius 3 is 2.77 bits per heavy atom. The van der Waals surface area contributed by atoms with Crippen LogP contribution in [0.2, 0.25) is 0 Å². The molecule has 3 rings (SSSR count). The molecular formula is C18H23FN2O4S. The average molecular weight is 382 g/mol. The fraction of sp³-hybridized carbons (Fsp3) is 0.611. The van der Waals surface area contributed by atoms with Crippen LogP contribution in [-0.2, 0) is 14.3 Å². The summed E-state index contributed by atoms with van der Waals surface area (Å²) >= 11 is 1.35. The predicted octanol–water partition coefficient (Wildman–Crippen LogP) is 1.72. The first kappa shape index (κ1) is 19.0. The fourth-order valence-electron chi connectivity index (χ4n) is 3.50. The van der Waals surface area contributed by atoms with Gasteiger partial charge in [-0.1, -0.05) is 13.8 Å². The van der Waals surface area contributed by atoms with Gasteiger partial charge in [-0.05, 0) is 31.4 Å². The molecule has 0 aliphatic carbocycles. The van der Waals surface area contributed by atoms with Gasteiger partial charge >= 0.3 is 0 Å². The van der Waals surface area contributed by atoms with E-state index >= 15 is 0 Å². The van der Waals surface area contributed by atoms with E-state index in [0.717, 1.165) is 4.88 Å². The van der Waals surface area contributed by atoms with E-state index in [4.69, 9.17) is 4.74 Å². The van der Waals surface area contributed by atoms with Gasteiger partial charge in [-0.15, -0.1) is 11.3 Å². The van der Waals surface area contributed by atoms with Gasteiger partial charge in [0.05, 0.1) is 11.4 Å². The monoisotopic (exact) mass is 382 g/mol. The highest BCUT2D eigenvalue weighted by Gasteiger charge is 2.53. The van der Waals surface area contributed by atoms with Gasteiger partial charge in [0.1, 0.15) is 31.0 Å². The summed E-state index contributed by atoms with van der Waals surface area (Å²) in [5.74, 6) is -0.894. The number of fused-ring (bicyclic) bond motifs is 1. The number of ketones is 1. The lowest BCUT2D eigenvalue weighted by Crippen LogP contribution is -2.52. The molecule has 2 saturated heterocycles. The van der Waals surface area contributed by atoms with Gasteiger partial charge in [-0.3, -0.25) is 14.4 Å². The van der Waals surface area contributed by atoms with Gasteiger partial charge in [0.15, 0.2) is 5.78 Å². The van der Waals surface area contributed by atoms with Crippen molar-refractivity contribution < 1.29 is 23.5 Å². The third kappa shape index (κ3) is 3.66. The molecule has 2 aliphatic rings. The number of carbonyl (C=O) groups excluding carboxylic acids is 3. The second-order valence-corrected chi connectivity index (χ2v) is 8.55. The van der Waals surface area contributed by atoms with Crippen LogP contribution in [0.25, 0.3) is 0 Å². The van der Waals surface area contributed by atoms with E-state index in [1.165, 1.54) is 16.2 Å². The minimum atomic E-state index is -1.38. The Kier molecular flexibility index (Phi) is 5.43. The summed E-state index contributed by atoms with van der Waals surface area (Å²) in [6.07, 6.45) is -1.86. The van der Waals surface area contributed by atoms with Crippen molar-refractivity contribution in [3.05, 3.63) is 21.9 Å². The van der Waals surface area contributed by atoms with E-state index in [1.807, 2.05) is 26.8 Å². The molecule has 0 radical (unpaired) electrons. The van der Waals surface area contributed by atoms with Crippen LogP contribution in [0.3, 0.4) is 0 Å². The van der Waals surface area contributed by atoms with Crippen LogP contribution in [-0.4, -0.2) is 60.0 Å². The Morgan fingerprint density at radius 1 is 1.42 bits per heavy atom. The number of alkyl halides is 1. The average Bonchev–Trinajstić information content (AvgIpc) is 3.24. The summed E-state index contributed by atoms with van der Waals surface area (Å²) in [5.41, 5.74) is 0. The molecule has 1 aromatic rings. The van der Waals surface area contributed by atoms with E-state index in [0.29, 0.717) is 11.3 Å². The standard InChI is InChI=1S/C18H23FN2O4S/c1-9(2)6-12(20-17(23)14-5-4-10(3)26-14)18(24)21-7-11(19)16-15(21)13(22)8-25-16/h4-5,9,11-12,15-16H,6-8H2,1-3H3,(H,20,23)/t11-,12-,15+,16+/m0/s1. The van der Waals surface area contributed by atoms with Crippen molar-refractivity contribution in [3.8, 4) is 0 Å². The number of halogens is 1. The molecule has 2 amide bonds. The van der Waals surface area contributed by atoms with Gasteiger partial charge in [-0.25, -0.2) is 4.39 Å². The maximum atomic E-state index is 14.2. The second-order valence-electron chi connectivity index (χ2n) is 7.26. The molecule has 0 unspecified atom stereocenters. The maximum absolute atomic E-state index is 14.2. The van der Waals surface area contributed by atoms with Crippen molar-refractivity contribution in [2.24, 2.45) is 5.92 Å². The van der Waals surface area contributed by atoms with Crippen molar-refractivity contribution in [2.75, 3.05) is 13.2 Å². The van der Waals surface area contributed by atoms with Gasteiger partial charge in [0, 0.05) is 4.88 Å². The summed E-state index contributed by atoms with van der Waals surface area (Å²) in [6.45, 7) is 5.43. The molecule has 6 nitrogen and oxygen atoms in total. The normalized spacial score (nSPS) is 26.3. The number of thiophene rings is 1. The summed E-state index contributed by atoms with van der Waals surface area (Å²) in [5, 5.41) is 2.77. The molecule has 26 heavy (non-hydrogen) atoms. The molecule has 142 valence electrons. The van der Waals surface area contributed by atoms with Gasteiger partial charge in [0.25, 0.3) is 5.91 Å². The predicted molar refractivity (Wildman–Crippen MR) is 94.9 cm³/mol. The van der Waals surface area contributed by atoms with Crippen LogP contribution < -0.4 is 5.32 Å². The molecule has 3 heterocycles. The molecule has 0 saturated carbocycles. The molecule has 1 N–H and O–H groups in total. The first-order valence-corrected chi connectivity index (χ1v) is 9.55. The minimum absolute atomic E-state index is 0.143. The highest BCUT2D eigenvalue weighted by atomic mass is 32.1. The zero-order valence-electron chi connectivity index (χ0n) is 15.0. The number of likely N-dealkylation sites (tertiary alicyclic amines) is 1. The fourth-order valence-corrected chi connectivity index (χ4v) is 4.27. The number of hydrogen-bond acceptors (Lipinski definition) is 5. The number of Topliss-reactive ketones (excluding diaryl/α,β-unsaturated/α-hetero) is 1. The van der Waals surface area contributed by atoms with E-state index in [1.54, 1.807) is 6.07 Å². The summed E-state index contributed by atoms with van der Waals surface area (Å²) < 4.78 is 19.4. The van der Waals surface area contributed by atoms with Gasteiger partial charge < -0.3 is 15.0 Å². The number of carbonyl (C=O) groups is 3. The van der Waals surface area contributed by atoms with E-state index in [-0.39, 0.29) is 30.8 Å². The first-order chi connectivity index (χ1) is 12.3. The Bertz CT molecular complexity index is 720. The number of nitrogens with zero attached hydrogens (tertiary/aromatic N) is 1. The topological polar surface area (TPSA) is 75.7 Å². The van der Waals surface area contributed by atoms with Crippen molar-refractivity contribution >= 4 is 28.9 Å². The van der Waals surface area contributed by atoms with Gasteiger partial charge in [-0.2, -0.15) is 0 Å². The molecule has 2 fully saturated rings. The highest BCUT2D eigenvalue weighted by Crippen LogP contribution is 2.30. The summed E-state index contributed by atoms with van der Waals surface area (Å²) in [4.78, 5) is 40.3. The van der Waals surface area contributed by atoms with Crippen LogP contribution in [0, 0.1) is 12.8 Å². The van der Waals surface area contributed by atoms with Crippen LogP contribution >= 0.6 is 11.3 Å². The SMILES string of the molecule is Cc1ccc(C(=O)N[C@@H](CC(C)C)C(=O)N2C[C@H](F)[C@H]3OCC(=O)[C@H]32)s1. The molecule has 1 aromatic heterocycles. The number of hydrogen-bond donors (Lipinski definition) is 1. The summed E-state index contributed by atoms with van der Waals surface area (Å²) in [6, 6.07) is 1.87. The molecule has 0 bridgehead atoms. The molecular weight excluding hydrogens is 359 g/mol. The Balaban J connectivity index is 1.77. The van der Waals surface area contributed by atoms with E-state index in [9.17, 15) is 18.8 Å². The zero-order chi connectivity index (χ0) is 19.0. The molecule has 0 aromatic carbocycles. The maximum Gasteiger partial charge on any atom is 0.262 e. The lowest BCUT2D eigenvalue weighted by atomic mass is 10.0. The van der Waals surface area contributed by atoms with Crippen LogP contribution in [0.1, 0.15) is 34.8 Å². The quantitative estimate of drug-likeness (QED) is 0.841. The number of ether oxygens (including phenoxy) is 1. The van der Waals surface area contributed by atoms with E-state index < -0.39 is 30.3 Å². The zero-order valence-corrected chi connectivity index (χ0v) is 15.8. The molecule has 0 spiro atoms.